The first-order valence-corrected chi connectivity index (χ1v) is 7.96. The summed E-state index contributed by atoms with van der Waals surface area (Å²) in [5.41, 5.74) is 0.838. The van der Waals surface area contributed by atoms with E-state index >= 15 is 0 Å². The SMILES string of the molecule is C[C@@H](NCC(O)c1ccc2c(c1)OCCO2)c1cccs1. The van der Waals surface area contributed by atoms with Gasteiger partial charge in [0.2, 0.25) is 0 Å². The first-order valence-electron chi connectivity index (χ1n) is 7.08. The predicted octanol–water partition coefficient (Wildman–Crippen LogP) is 2.90. The summed E-state index contributed by atoms with van der Waals surface area (Å²) in [7, 11) is 0. The Morgan fingerprint density at radius 2 is 2.05 bits per heavy atom. The highest BCUT2D eigenvalue weighted by atomic mass is 32.1. The molecule has 2 heterocycles. The molecule has 0 saturated carbocycles. The van der Waals surface area contributed by atoms with Crippen LogP contribution in [-0.4, -0.2) is 24.9 Å². The van der Waals surface area contributed by atoms with Crippen LogP contribution in [-0.2, 0) is 0 Å². The first-order chi connectivity index (χ1) is 10.2. The molecular formula is C16H19NO3S. The minimum Gasteiger partial charge on any atom is -0.486 e. The topological polar surface area (TPSA) is 50.7 Å². The maximum atomic E-state index is 10.3. The van der Waals surface area contributed by atoms with Gasteiger partial charge in [-0.25, -0.2) is 0 Å². The van der Waals surface area contributed by atoms with Crippen LogP contribution in [0.4, 0.5) is 0 Å². The fourth-order valence-electron chi connectivity index (χ4n) is 2.31. The van der Waals surface area contributed by atoms with Crippen LogP contribution >= 0.6 is 11.3 Å². The zero-order chi connectivity index (χ0) is 14.7. The molecule has 3 rings (SSSR count). The van der Waals surface area contributed by atoms with Crippen molar-refractivity contribution in [1.82, 2.24) is 5.32 Å². The molecule has 2 N–H and O–H groups in total. The van der Waals surface area contributed by atoms with E-state index in [2.05, 4.69) is 23.7 Å². The number of hydrogen-bond acceptors (Lipinski definition) is 5. The Kier molecular flexibility index (Phi) is 4.43. The van der Waals surface area contributed by atoms with Gasteiger partial charge in [-0.1, -0.05) is 12.1 Å². The molecule has 1 aliphatic heterocycles. The minimum absolute atomic E-state index is 0.233. The van der Waals surface area contributed by atoms with Gasteiger partial charge < -0.3 is 19.9 Å². The van der Waals surface area contributed by atoms with E-state index < -0.39 is 6.10 Å². The van der Waals surface area contributed by atoms with Crippen LogP contribution in [0.2, 0.25) is 0 Å². The highest BCUT2D eigenvalue weighted by molar-refractivity contribution is 7.10. The van der Waals surface area contributed by atoms with E-state index in [-0.39, 0.29) is 6.04 Å². The van der Waals surface area contributed by atoms with E-state index in [4.69, 9.17) is 9.47 Å². The summed E-state index contributed by atoms with van der Waals surface area (Å²) >= 11 is 1.72. The fraction of sp³-hybridized carbons (Fsp3) is 0.375. The number of hydrogen-bond donors (Lipinski definition) is 2. The molecule has 112 valence electrons. The molecule has 1 aliphatic rings. The van der Waals surface area contributed by atoms with Gasteiger partial charge in [-0.05, 0) is 36.1 Å². The minimum atomic E-state index is -0.566. The summed E-state index contributed by atoms with van der Waals surface area (Å²) in [5, 5.41) is 15.7. The van der Waals surface area contributed by atoms with Gasteiger partial charge in [-0.2, -0.15) is 0 Å². The van der Waals surface area contributed by atoms with Crippen LogP contribution in [0.3, 0.4) is 0 Å². The second-order valence-electron chi connectivity index (χ2n) is 5.06. The smallest absolute Gasteiger partial charge is 0.161 e. The number of nitrogens with one attached hydrogen (secondary N) is 1. The van der Waals surface area contributed by atoms with E-state index in [1.54, 1.807) is 11.3 Å². The highest BCUT2D eigenvalue weighted by Crippen LogP contribution is 2.32. The predicted molar refractivity (Wildman–Crippen MR) is 83.1 cm³/mol. The number of aliphatic hydroxyl groups is 1. The van der Waals surface area contributed by atoms with Crippen molar-refractivity contribution < 1.29 is 14.6 Å². The Hall–Kier alpha value is -1.56. The van der Waals surface area contributed by atoms with Gasteiger partial charge in [0.15, 0.2) is 11.5 Å². The number of thiophene rings is 1. The normalized spacial score (nSPS) is 16.5. The summed E-state index contributed by atoms with van der Waals surface area (Å²) in [4.78, 5) is 1.27. The number of fused-ring (bicyclic) bond motifs is 1. The molecule has 0 aliphatic carbocycles. The molecule has 0 bridgehead atoms. The molecule has 0 spiro atoms. The molecule has 1 aromatic heterocycles. The quantitative estimate of drug-likeness (QED) is 0.892. The average molecular weight is 305 g/mol. The number of aliphatic hydroxyl groups excluding tert-OH is 1. The molecule has 1 aromatic carbocycles. The van der Waals surface area contributed by atoms with Gasteiger partial charge in [0.05, 0.1) is 6.10 Å². The van der Waals surface area contributed by atoms with Crippen molar-refractivity contribution in [2.45, 2.75) is 19.1 Å². The Labute approximate surface area is 128 Å². The van der Waals surface area contributed by atoms with E-state index in [1.807, 2.05) is 24.3 Å². The van der Waals surface area contributed by atoms with Crippen molar-refractivity contribution in [2.24, 2.45) is 0 Å². The molecule has 21 heavy (non-hydrogen) atoms. The molecule has 4 nitrogen and oxygen atoms in total. The third-order valence-corrected chi connectivity index (χ3v) is 4.59. The lowest BCUT2D eigenvalue weighted by atomic mass is 10.1. The lowest BCUT2D eigenvalue weighted by Gasteiger charge is -2.21. The fourth-order valence-corrected chi connectivity index (χ4v) is 3.07. The number of ether oxygens (including phenoxy) is 2. The molecule has 0 radical (unpaired) electrons. The lowest BCUT2D eigenvalue weighted by Crippen LogP contribution is -2.24. The maximum Gasteiger partial charge on any atom is 0.161 e. The summed E-state index contributed by atoms with van der Waals surface area (Å²) in [5.74, 6) is 1.46. The Balaban J connectivity index is 1.61. The molecule has 2 atom stereocenters. The number of rotatable bonds is 5. The van der Waals surface area contributed by atoms with Crippen LogP contribution in [0.1, 0.15) is 29.5 Å². The molecule has 0 saturated heterocycles. The van der Waals surface area contributed by atoms with Crippen LogP contribution < -0.4 is 14.8 Å². The summed E-state index contributed by atoms with van der Waals surface area (Å²) in [6, 6.07) is 9.97. The average Bonchev–Trinajstić information content (AvgIpc) is 3.06. The van der Waals surface area contributed by atoms with Crippen molar-refractivity contribution in [3.63, 3.8) is 0 Å². The van der Waals surface area contributed by atoms with Gasteiger partial charge in [0.25, 0.3) is 0 Å². The number of benzene rings is 1. The molecule has 2 aromatic rings. The van der Waals surface area contributed by atoms with Crippen molar-refractivity contribution in [3.8, 4) is 11.5 Å². The van der Waals surface area contributed by atoms with Gasteiger partial charge in [-0.15, -0.1) is 11.3 Å². The van der Waals surface area contributed by atoms with E-state index in [9.17, 15) is 5.11 Å². The summed E-state index contributed by atoms with van der Waals surface area (Å²) in [6.45, 7) is 3.73. The molecular weight excluding hydrogens is 286 g/mol. The zero-order valence-corrected chi connectivity index (χ0v) is 12.7. The van der Waals surface area contributed by atoms with E-state index in [0.717, 1.165) is 11.3 Å². The molecule has 0 fully saturated rings. The molecule has 1 unspecified atom stereocenters. The lowest BCUT2D eigenvalue weighted by molar-refractivity contribution is 0.161. The van der Waals surface area contributed by atoms with Gasteiger partial charge in [-0.3, -0.25) is 0 Å². The van der Waals surface area contributed by atoms with Gasteiger partial charge in [0, 0.05) is 17.5 Å². The Morgan fingerprint density at radius 3 is 2.81 bits per heavy atom. The summed E-state index contributed by atoms with van der Waals surface area (Å²) in [6.07, 6.45) is -0.566. The Morgan fingerprint density at radius 1 is 1.24 bits per heavy atom. The van der Waals surface area contributed by atoms with E-state index in [1.165, 1.54) is 4.88 Å². The largest absolute Gasteiger partial charge is 0.486 e. The van der Waals surface area contributed by atoms with Gasteiger partial charge >= 0.3 is 0 Å². The monoisotopic (exact) mass is 305 g/mol. The second-order valence-corrected chi connectivity index (χ2v) is 6.04. The first kappa shape index (κ1) is 14.4. The highest BCUT2D eigenvalue weighted by Gasteiger charge is 2.16. The molecule has 5 heteroatoms. The van der Waals surface area contributed by atoms with Crippen molar-refractivity contribution in [2.75, 3.05) is 19.8 Å². The zero-order valence-electron chi connectivity index (χ0n) is 11.9. The maximum absolute atomic E-state index is 10.3. The van der Waals surface area contributed by atoms with Crippen LogP contribution in [0.5, 0.6) is 11.5 Å². The van der Waals surface area contributed by atoms with E-state index in [0.29, 0.717) is 25.5 Å². The third kappa shape index (κ3) is 3.37. The summed E-state index contributed by atoms with van der Waals surface area (Å²) < 4.78 is 11.0. The second kappa shape index (κ2) is 6.47. The van der Waals surface area contributed by atoms with Crippen LogP contribution in [0.25, 0.3) is 0 Å². The third-order valence-electron chi connectivity index (χ3n) is 3.54. The van der Waals surface area contributed by atoms with Gasteiger partial charge in [0.1, 0.15) is 13.2 Å². The van der Waals surface area contributed by atoms with Crippen molar-refractivity contribution >= 4 is 11.3 Å². The van der Waals surface area contributed by atoms with Crippen molar-refractivity contribution in [1.29, 1.82) is 0 Å². The Bertz CT molecular complexity index is 585. The molecule has 0 amide bonds. The van der Waals surface area contributed by atoms with Crippen LogP contribution in [0.15, 0.2) is 35.7 Å². The standard InChI is InChI=1S/C16H19NO3S/c1-11(16-3-2-8-21-16)17-10-13(18)12-4-5-14-15(9-12)20-7-6-19-14/h2-5,8-9,11,13,17-18H,6-7,10H2,1H3/t11-,13?/m1/s1. The van der Waals surface area contributed by atoms with Crippen molar-refractivity contribution in [3.05, 3.63) is 46.2 Å². The van der Waals surface area contributed by atoms with Crippen LogP contribution in [0, 0.1) is 0 Å².